The van der Waals surface area contributed by atoms with Crippen LogP contribution < -0.4 is 0 Å². The summed E-state index contributed by atoms with van der Waals surface area (Å²) in [6, 6.07) is 10.7. The molecular formula is C19H15F2NO2S2. The number of esters is 1. The van der Waals surface area contributed by atoms with Crippen LogP contribution in [0.4, 0.5) is 8.78 Å². The number of nitrogens with zero attached hydrogens (tertiary/aromatic N) is 1. The molecular weight excluding hydrogens is 376 g/mol. The monoisotopic (exact) mass is 391 g/mol. The van der Waals surface area contributed by atoms with Crippen LogP contribution in [0.25, 0.3) is 0 Å². The van der Waals surface area contributed by atoms with Crippen molar-refractivity contribution in [3.8, 4) is 0 Å². The number of carbonyl (C=O) groups excluding carboxylic acids is 1. The van der Waals surface area contributed by atoms with Crippen molar-refractivity contribution in [1.29, 1.82) is 0 Å². The summed E-state index contributed by atoms with van der Waals surface area (Å²) in [5.74, 6) is -1.78. The van der Waals surface area contributed by atoms with Gasteiger partial charge in [0.15, 0.2) is 11.6 Å². The highest BCUT2D eigenvalue weighted by Gasteiger charge is 2.12. The Kier molecular flexibility index (Phi) is 6.00. The molecule has 0 spiro atoms. The van der Waals surface area contributed by atoms with Crippen LogP contribution >= 0.6 is 23.1 Å². The topological polar surface area (TPSA) is 39.2 Å². The van der Waals surface area contributed by atoms with E-state index in [2.05, 4.69) is 4.98 Å². The van der Waals surface area contributed by atoms with Gasteiger partial charge in [-0.25, -0.2) is 18.6 Å². The first kappa shape index (κ1) is 18.5. The van der Waals surface area contributed by atoms with Gasteiger partial charge in [-0.3, -0.25) is 0 Å². The number of hydrogen-bond donors (Lipinski definition) is 0. The molecule has 0 aliphatic carbocycles. The Morgan fingerprint density at radius 2 is 1.96 bits per heavy atom. The average Bonchev–Trinajstić information content (AvgIpc) is 3.07. The van der Waals surface area contributed by atoms with E-state index in [4.69, 9.17) is 4.74 Å². The van der Waals surface area contributed by atoms with Crippen LogP contribution in [-0.2, 0) is 17.1 Å². The van der Waals surface area contributed by atoms with Gasteiger partial charge in [-0.15, -0.1) is 23.1 Å². The molecule has 1 heterocycles. The van der Waals surface area contributed by atoms with Crippen molar-refractivity contribution >= 4 is 29.1 Å². The molecule has 2 aromatic carbocycles. The molecule has 0 unspecified atom stereocenters. The van der Waals surface area contributed by atoms with E-state index >= 15 is 0 Å². The number of ether oxygens (including phenoxy) is 1. The Bertz CT molecular complexity index is 910. The number of halogens is 2. The van der Waals surface area contributed by atoms with Gasteiger partial charge < -0.3 is 4.74 Å². The van der Waals surface area contributed by atoms with Crippen LogP contribution in [-0.4, -0.2) is 11.0 Å². The lowest BCUT2D eigenvalue weighted by Gasteiger charge is -2.07. The van der Waals surface area contributed by atoms with Gasteiger partial charge in [0.25, 0.3) is 0 Å². The Morgan fingerprint density at radius 3 is 2.65 bits per heavy atom. The summed E-state index contributed by atoms with van der Waals surface area (Å²) in [7, 11) is 0. The molecule has 0 N–H and O–H groups in total. The summed E-state index contributed by atoms with van der Waals surface area (Å²) < 4.78 is 31.8. The third-order valence-electron chi connectivity index (χ3n) is 3.53. The molecule has 3 rings (SSSR count). The van der Waals surface area contributed by atoms with E-state index in [0.717, 1.165) is 27.4 Å². The first-order chi connectivity index (χ1) is 12.5. The van der Waals surface area contributed by atoms with Crippen LogP contribution in [0.15, 0.2) is 52.7 Å². The summed E-state index contributed by atoms with van der Waals surface area (Å²) in [6.07, 6.45) is 0. The van der Waals surface area contributed by atoms with Crippen molar-refractivity contribution in [1.82, 2.24) is 4.98 Å². The highest BCUT2D eigenvalue weighted by Crippen LogP contribution is 2.24. The lowest BCUT2D eigenvalue weighted by molar-refractivity contribution is 0.0468. The number of carbonyl (C=O) groups is 1. The zero-order valence-corrected chi connectivity index (χ0v) is 15.5. The number of aryl methyl sites for hydroxylation is 1. The summed E-state index contributed by atoms with van der Waals surface area (Å²) in [6.45, 7) is 1.65. The van der Waals surface area contributed by atoms with Crippen molar-refractivity contribution < 1.29 is 18.3 Å². The van der Waals surface area contributed by atoms with Crippen molar-refractivity contribution in [2.45, 2.75) is 24.2 Å². The van der Waals surface area contributed by atoms with Gasteiger partial charge >= 0.3 is 5.97 Å². The first-order valence-electron chi connectivity index (χ1n) is 7.77. The Morgan fingerprint density at radius 1 is 1.19 bits per heavy atom. The third kappa shape index (κ3) is 4.68. The molecule has 0 atom stereocenters. The molecule has 0 saturated heterocycles. The second-order valence-electron chi connectivity index (χ2n) is 5.46. The van der Waals surface area contributed by atoms with Crippen LogP contribution in [0, 0.1) is 18.6 Å². The molecule has 0 fully saturated rings. The minimum absolute atomic E-state index is 0.00378. The maximum absolute atomic E-state index is 13.6. The van der Waals surface area contributed by atoms with Crippen molar-refractivity contribution in [2.24, 2.45) is 0 Å². The van der Waals surface area contributed by atoms with E-state index in [1.54, 1.807) is 35.2 Å². The minimum atomic E-state index is -0.996. The fourth-order valence-electron chi connectivity index (χ4n) is 2.21. The molecule has 7 heteroatoms. The summed E-state index contributed by atoms with van der Waals surface area (Å²) in [5.41, 5.74) is 1.39. The largest absolute Gasteiger partial charge is 0.457 e. The SMILES string of the molecule is Cc1nc(CSc2ccc(C(=O)OCc3cccc(F)c3F)cc2)cs1. The van der Waals surface area contributed by atoms with E-state index < -0.39 is 17.6 Å². The van der Waals surface area contributed by atoms with Crippen molar-refractivity contribution in [3.63, 3.8) is 0 Å². The predicted octanol–water partition coefficient (Wildman–Crippen LogP) is 5.38. The number of thioether (sulfide) groups is 1. The molecule has 0 bridgehead atoms. The molecule has 0 saturated carbocycles. The molecule has 0 aliphatic rings. The minimum Gasteiger partial charge on any atom is -0.457 e. The van der Waals surface area contributed by atoms with Gasteiger partial charge in [0.05, 0.1) is 16.3 Å². The van der Waals surface area contributed by atoms with Crippen LogP contribution in [0.5, 0.6) is 0 Å². The number of aromatic nitrogens is 1. The maximum Gasteiger partial charge on any atom is 0.338 e. The van der Waals surface area contributed by atoms with E-state index in [0.29, 0.717) is 5.56 Å². The van der Waals surface area contributed by atoms with E-state index in [9.17, 15) is 13.6 Å². The van der Waals surface area contributed by atoms with Crippen molar-refractivity contribution in [2.75, 3.05) is 0 Å². The molecule has 1 aromatic heterocycles. The lowest BCUT2D eigenvalue weighted by Crippen LogP contribution is -2.06. The van der Waals surface area contributed by atoms with Crippen LogP contribution in [0.2, 0.25) is 0 Å². The highest BCUT2D eigenvalue weighted by molar-refractivity contribution is 7.98. The second kappa shape index (κ2) is 8.42. The van der Waals surface area contributed by atoms with Gasteiger partial charge in [-0.1, -0.05) is 12.1 Å². The molecule has 0 aliphatic heterocycles. The van der Waals surface area contributed by atoms with Gasteiger partial charge in [0, 0.05) is 21.6 Å². The average molecular weight is 391 g/mol. The predicted molar refractivity (Wildman–Crippen MR) is 98.3 cm³/mol. The maximum atomic E-state index is 13.6. The smallest absolute Gasteiger partial charge is 0.338 e. The molecule has 3 aromatic rings. The molecule has 3 nitrogen and oxygen atoms in total. The molecule has 26 heavy (non-hydrogen) atoms. The normalized spacial score (nSPS) is 10.7. The van der Waals surface area contributed by atoms with Gasteiger partial charge in [0.2, 0.25) is 0 Å². The molecule has 134 valence electrons. The van der Waals surface area contributed by atoms with Crippen molar-refractivity contribution in [3.05, 3.63) is 81.3 Å². The molecule has 0 amide bonds. The van der Waals surface area contributed by atoms with E-state index in [1.165, 1.54) is 12.1 Å². The first-order valence-corrected chi connectivity index (χ1v) is 9.63. The number of rotatable bonds is 6. The Labute approximate surface area is 158 Å². The summed E-state index contributed by atoms with van der Waals surface area (Å²) in [4.78, 5) is 17.5. The van der Waals surface area contributed by atoms with E-state index in [-0.39, 0.29) is 12.2 Å². The Hall–Kier alpha value is -2.25. The van der Waals surface area contributed by atoms with Gasteiger partial charge in [-0.05, 0) is 37.3 Å². The lowest BCUT2D eigenvalue weighted by atomic mass is 10.2. The van der Waals surface area contributed by atoms with E-state index in [1.807, 2.05) is 24.4 Å². The fraction of sp³-hybridized carbons (Fsp3) is 0.158. The fourth-order valence-corrected chi connectivity index (χ4v) is 3.71. The third-order valence-corrected chi connectivity index (χ3v) is 5.40. The van der Waals surface area contributed by atoms with Crippen LogP contribution in [0.3, 0.4) is 0 Å². The quantitative estimate of drug-likeness (QED) is 0.418. The van der Waals surface area contributed by atoms with Crippen LogP contribution in [0.1, 0.15) is 26.6 Å². The zero-order valence-electron chi connectivity index (χ0n) is 13.9. The number of benzene rings is 2. The number of hydrogen-bond acceptors (Lipinski definition) is 5. The zero-order chi connectivity index (χ0) is 18.5. The standard InChI is InChI=1S/C19H15F2NO2S2/c1-12-22-15(10-25-12)11-26-16-7-5-13(6-8-16)19(23)24-9-14-3-2-4-17(20)18(14)21/h2-8,10H,9,11H2,1H3. The number of thiazole rings is 1. The summed E-state index contributed by atoms with van der Waals surface area (Å²) >= 11 is 3.24. The summed E-state index contributed by atoms with van der Waals surface area (Å²) in [5, 5.41) is 3.06. The van der Waals surface area contributed by atoms with Gasteiger partial charge in [0.1, 0.15) is 6.61 Å². The second-order valence-corrected chi connectivity index (χ2v) is 7.57. The highest BCUT2D eigenvalue weighted by atomic mass is 32.2. The molecule has 0 radical (unpaired) electrons. The van der Waals surface area contributed by atoms with Gasteiger partial charge in [-0.2, -0.15) is 0 Å². The Balaban J connectivity index is 1.55.